The molecule has 0 spiro atoms. The van der Waals surface area contributed by atoms with E-state index in [4.69, 9.17) is 9.47 Å². The molecule has 2 aromatic heterocycles. The Morgan fingerprint density at radius 3 is 2.67 bits per heavy atom. The molecule has 0 saturated carbocycles. The van der Waals surface area contributed by atoms with E-state index in [0.717, 1.165) is 13.0 Å². The Kier molecular flexibility index (Phi) is 6.45. The lowest BCUT2D eigenvalue weighted by atomic mass is 10.2. The van der Waals surface area contributed by atoms with Gasteiger partial charge in [0.05, 0.1) is 12.3 Å². The SMILES string of the molecule is CCOC(=O)c1c[nH]n2c(=O)cc(CN3CCCN(C(=O)OC(C)(C)C)CC3)nc12. The lowest BCUT2D eigenvalue weighted by Gasteiger charge is -2.26. The number of carbonyl (C=O) groups excluding carboxylic acids is 2. The summed E-state index contributed by atoms with van der Waals surface area (Å²) < 4.78 is 11.7. The predicted octanol–water partition coefficient (Wildman–Crippen LogP) is 1.64. The lowest BCUT2D eigenvalue weighted by Crippen LogP contribution is -2.39. The number of rotatable bonds is 4. The molecule has 0 radical (unpaired) electrons. The number of H-pyrrole nitrogens is 1. The van der Waals surface area contributed by atoms with Crippen LogP contribution in [0.5, 0.6) is 0 Å². The number of hydrogen-bond donors (Lipinski definition) is 1. The number of nitrogens with one attached hydrogen (secondary N) is 1. The fourth-order valence-corrected chi connectivity index (χ4v) is 3.34. The molecule has 0 aromatic carbocycles. The average Bonchev–Trinajstić information content (AvgIpc) is 2.93. The molecule has 0 unspecified atom stereocenters. The van der Waals surface area contributed by atoms with Crippen molar-refractivity contribution < 1.29 is 19.1 Å². The van der Waals surface area contributed by atoms with Crippen molar-refractivity contribution >= 4 is 17.7 Å². The molecule has 2 aromatic rings. The van der Waals surface area contributed by atoms with Crippen molar-refractivity contribution in [3.05, 3.63) is 33.9 Å². The fraction of sp³-hybridized carbons (Fsp3) is 0.600. The van der Waals surface area contributed by atoms with Crippen molar-refractivity contribution in [3.8, 4) is 0 Å². The zero-order chi connectivity index (χ0) is 21.9. The first kappa shape index (κ1) is 21.8. The first-order valence-electron chi connectivity index (χ1n) is 10.2. The molecular formula is C20H29N5O5. The Morgan fingerprint density at radius 1 is 1.20 bits per heavy atom. The summed E-state index contributed by atoms with van der Waals surface area (Å²) in [6.45, 7) is 10.5. The quantitative estimate of drug-likeness (QED) is 0.751. The normalized spacial score (nSPS) is 15.8. The number of ether oxygens (including phenoxy) is 2. The third kappa shape index (κ3) is 5.18. The van der Waals surface area contributed by atoms with Crippen molar-refractivity contribution in [3.63, 3.8) is 0 Å². The van der Waals surface area contributed by atoms with Crippen molar-refractivity contribution in [1.29, 1.82) is 0 Å². The van der Waals surface area contributed by atoms with Gasteiger partial charge in [0.25, 0.3) is 5.56 Å². The molecule has 10 heteroatoms. The first-order chi connectivity index (χ1) is 14.2. The highest BCUT2D eigenvalue weighted by Gasteiger charge is 2.25. The maximum absolute atomic E-state index is 12.4. The minimum Gasteiger partial charge on any atom is -0.462 e. The molecule has 164 valence electrons. The standard InChI is InChI=1S/C20H29N5O5/c1-5-29-18(27)15-12-21-25-16(26)11-14(22-17(15)25)13-23-7-6-8-24(10-9-23)19(28)30-20(2,3)4/h11-12,21H,5-10,13H2,1-4H3. The number of amides is 1. The van der Waals surface area contributed by atoms with Gasteiger partial charge in [0, 0.05) is 45.0 Å². The smallest absolute Gasteiger partial charge is 0.410 e. The number of carbonyl (C=O) groups is 2. The van der Waals surface area contributed by atoms with Gasteiger partial charge >= 0.3 is 12.1 Å². The van der Waals surface area contributed by atoms with E-state index in [-0.39, 0.29) is 29.5 Å². The van der Waals surface area contributed by atoms with Gasteiger partial charge in [-0.25, -0.2) is 19.1 Å². The third-order valence-corrected chi connectivity index (χ3v) is 4.67. The van der Waals surface area contributed by atoms with Crippen LogP contribution in [0.1, 0.15) is 50.2 Å². The van der Waals surface area contributed by atoms with E-state index in [0.29, 0.717) is 31.9 Å². The molecule has 1 amide bonds. The third-order valence-electron chi connectivity index (χ3n) is 4.67. The number of hydrogen-bond acceptors (Lipinski definition) is 7. The van der Waals surface area contributed by atoms with Gasteiger partial charge in [-0.1, -0.05) is 0 Å². The molecule has 3 rings (SSSR count). The van der Waals surface area contributed by atoms with Crippen LogP contribution in [0.2, 0.25) is 0 Å². The van der Waals surface area contributed by atoms with Crippen LogP contribution in [0.4, 0.5) is 4.79 Å². The van der Waals surface area contributed by atoms with E-state index >= 15 is 0 Å². The molecule has 10 nitrogen and oxygen atoms in total. The van der Waals surface area contributed by atoms with Crippen LogP contribution in [0.25, 0.3) is 5.65 Å². The van der Waals surface area contributed by atoms with Crippen LogP contribution in [0.3, 0.4) is 0 Å². The molecule has 1 saturated heterocycles. The molecule has 1 N–H and O–H groups in total. The Bertz CT molecular complexity index is 974. The first-order valence-corrected chi connectivity index (χ1v) is 10.2. The summed E-state index contributed by atoms with van der Waals surface area (Å²) >= 11 is 0. The largest absolute Gasteiger partial charge is 0.462 e. The maximum atomic E-state index is 12.4. The summed E-state index contributed by atoms with van der Waals surface area (Å²) in [6, 6.07) is 1.45. The second-order valence-electron chi connectivity index (χ2n) is 8.25. The van der Waals surface area contributed by atoms with Crippen LogP contribution >= 0.6 is 0 Å². The number of esters is 1. The van der Waals surface area contributed by atoms with Crippen molar-refractivity contribution in [2.75, 3.05) is 32.8 Å². The number of nitrogens with zero attached hydrogens (tertiary/aromatic N) is 4. The van der Waals surface area contributed by atoms with Crippen molar-refractivity contribution in [1.82, 2.24) is 24.4 Å². The van der Waals surface area contributed by atoms with Gasteiger partial charge in [-0.3, -0.25) is 14.8 Å². The molecule has 3 heterocycles. The van der Waals surface area contributed by atoms with E-state index < -0.39 is 11.6 Å². The molecule has 0 aliphatic carbocycles. The highest BCUT2D eigenvalue weighted by molar-refractivity contribution is 5.95. The van der Waals surface area contributed by atoms with Crippen LogP contribution < -0.4 is 5.56 Å². The molecule has 1 aliphatic rings. The zero-order valence-corrected chi connectivity index (χ0v) is 17.9. The fourth-order valence-electron chi connectivity index (χ4n) is 3.34. The van der Waals surface area contributed by atoms with E-state index in [2.05, 4.69) is 15.0 Å². The topological polar surface area (TPSA) is 109 Å². The number of aromatic amines is 1. The zero-order valence-electron chi connectivity index (χ0n) is 17.9. The van der Waals surface area contributed by atoms with Crippen LogP contribution in [-0.4, -0.2) is 74.8 Å². The minimum absolute atomic E-state index is 0.225. The second kappa shape index (κ2) is 8.86. The Morgan fingerprint density at radius 2 is 1.97 bits per heavy atom. The summed E-state index contributed by atoms with van der Waals surface area (Å²) in [7, 11) is 0. The molecule has 0 bridgehead atoms. The monoisotopic (exact) mass is 419 g/mol. The van der Waals surface area contributed by atoms with E-state index in [1.54, 1.807) is 11.8 Å². The predicted molar refractivity (Wildman–Crippen MR) is 109 cm³/mol. The average molecular weight is 419 g/mol. The van der Waals surface area contributed by atoms with Crippen LogP contribution in [-0.2, 0) is 16.0 Å². The second-order valence-corrected chi connectivity index (χ2v) is 8.25. The highest BCUT2D eigenvalue weighted by Crippen LogP contribution is 2.14. The Labute approximate surface area is 174 Å². The highest BCUT2D eigenvalue weighted by atomic mass is 16.6. The van der Waals surface area contributed by atoms with Gasteiger partial charge in [0.2, 0.25) is 0 Å². The van der Waals surface area contributed by atoms with E-state index in [9.17, 15) is 14.4 Å². The molecule has 0 atom stereocenters. The van der Waals surface area contributed by atoms with Gasteiger partial charge in [-0.2, -0.15) is 0 Å². The van der Waals surface area contributed by atoms with Gasteiger partial charge in [-0.05, 0) is 34.1 Å². The lowest BCUT2D eigenvalue weighted by molar-refractivity contribution is 0.0257. The molecule has 1 fully saturated rings. The minimum atomic E-state index is -0.530. The number of fused-ring (bicyclic) bond motifs is 1. The Balaban J connectivity index is 1.72. The summed E-state index contributed by atoms with van der Waals surface area (Å²) in [5.74, 6) is -0.525. The van der Waals surface area contributed by atoms with Gasteiger partial charge in [0.1, 0.15) is 11.2 Å². The van der Waals surface area contributed by atoms with Gasteiger partial charge in [0.15, 0.2) is 5.65 Å². The molecule has 30 heavy (non-hydrogen) atoms. The van der Waals surface area contributed by atoms with Crippen LogP contribution in [0.15, 0.2) is 17.1 Å². The molecular weight excluding hydrogens is 390 g/mol. The van der Waals surface area contributed by atoms with E-state index in [1.807, 2.05) is 20.8 Å². The Hall–Kier alpha value is -2.88. The van der Waals surface area contributed by atoms with Crippen molar-refractivity contribution in [2.45, 2.75) is 46.3 Å². The summed E-state index contributed by atoms with van der Waals surface area (Å²) in [4.78, 5) is 45.2. The summed E-state index contributed by atoms with van der Waals surface area (Å²) in [6.07, 6.45) is 1.91. The van der Waals surface area contributed by atoms with E-state index in [1.165, 1.54) is 16.8 Å². The van der Waals surface area contributed by atoms with Gasteiger partial charge < -0.3 is 14.4 Å². The van der Waals surface area contributed by atoms with Gasteiger partial charge in [-0.15, -0.1) is 0 Å². The summed E-state index contributed by atoms with van der Waals surface area (Å²) in [5.41, 5.74) is 0.216. The van der Waals surface area contributed by atoms with Crippen molar-refractivity contribution in [2.24, 2.45) is 0 Å². The number of aromatic nitrogens is 3. The molecule has 1 aliphatic heterocycles. The maximum Gasteiger partial charge on any atom is 0.410 e. The summed E-state index contributed by atoms with van der Waals surface area (Å²) in [5, 5.41) is 2.74. The van der Waals surface area contributed by atoms with Crippen LogP contribution in [0, 0.1) is 0 Å².